The molecular formula is C44H62N2O8. The molecule has 0 heterocycles. The maximum absolute atomic E-state index is 13.7. The number of benzene rings is 2. The van der Waals surface area contributed by atoms with E-state index in [1.807, 2.05) is 31.2 Å². The molecule has 0 aliphatic heterocycles. The van der Waals surface area contributed by atoms with Gasteiger partial charge in [0.2, 0.25) is 11.8 Å². The van der Waals surface area contributed by atoms with Crippen LogP contribution >= 0.6 is 0 Å². The number of aliphatic carboxylic acids is 1. The Balaban J connectivity index is 2.00. The maximum atomic E-state index is 13.7. The van der Waals surface area contributed by atoms with Gasteiger partial charge in [-0.3, -0.25) is 28.8 Å². The number of ketones is 4. The van der Waals surface area contributed by atoms with E-state index in [0.717, 1.165) is 49.7 Å². The highest BCUT2D eigenvalue weighted by atomic mass is 16.4. The number of hydrogen-bond acceptors (Lipinski definition) is 7. The molecule has 3 N–H and O–H groups in total. The van der Waals surface area contributed by atoms with Crippen molar-refractivity contribution in [1.29, 1.82) is 0 Å². The number of carboxylic acid groups (broad SMARTS) is 1. The predicted octanol–water partition coefficient (Wildman–Crippen LogP) is 7.88. The minimum Gasteiger partial charge on any atom is -0.480 e. The van der Waals surface area contributed by atoms with E-state index in [1.165, 1.54) is 19.4 Å². The number of carboxylic acids is 1. The second kappa shape index (κ2) is 22.7. The first-order valence-electron chi connectivity index (χ1n) is 19.6. The number of hydrogen-bond donors (Lipinski definition) is 3. The summed E-state index contributed by atoms with van der Waals surface area (Å²) in [7, 11) is 0. The number of carbonyl (C=O) groups is 7. The summed E-state index contributed by atoms with van der Waals surface area (Å²) in [6.07, 6.45) is 6.46. The molecule has 0 aromatic heterocycles. The minimum atomic E-state index is -1.40. The van der Waals surface area contributed by atoms with Gasteiger partial charge in [-0.2, -0.15) is 0 Å². The Labute approximate surface area is 321 Å². The van der Waals surface area contributed by atoms with Crippen LogP contribution in [0.1, 0.15) is 141 Å². The molecule has 2 aromatic rings. The first kappa shape index (κ1) is 45.7. The number of carbonyl (C=O) groups excluding carboxylic acids is 6. The van der Waals surface area contributed by atoms with Crippen LogP contribution < -0.4 is 10.6 Å². The van der Waals surface area contributed by atoms with Crippen LogP contribution in [0.3, 0.4) is 0 Å². The Hall–Kier alpha value is -4.47. The zero-order valence-electron chi connectivity index (χ0n) is 33.4. The van der Waals surface area contributed by atoms with Gasteiger partial charge in [-0.15, -0.1) is 0 Å². The van der Waals surface area contributed by atoms with Crippen molar-refractivity contribution >= 4 is 40.9 Å². The summed E-state index contributed by atoms with van der Waals surface area (Å²) in [4.78, 5) is 89.1. The zero-order chi connectivity index (χ0) is 40.4. The highest BCUT2D eigenvalue weighted by Crippen LogP contribution is 2.26. The third kappa shape index (κ3) is 15.9. The topological polar surface area (TPSA) is 164 Å². The molecule has 10 nitrogen and oxygen atoms in total. The maximum Gasteiger partial charge on any atom is 0.326 e. The van der Waals surface area contributed by atoms with Crippen molar-refractivity contribution < 1.29 is 38.7 Å². The molecule has 0 saturated heterocycles. The predicted molar refractivity (Wildman–Crippen MR) is 211 cm³/mol. The van der Waals surface area contributed by atoms with Crippen molar-refractivity contribution in [3.8, 4) is 11.1 Å². The SMILES string of the molecule is CCCCC[C@H](CC(=O)CCCC(=O)c1ccc(-c2ccc(CCCC)cc2)cc1)C(=O)N[C@H](C(=O)C[C@@H](C)C(=O)N[C@@H](CC(C)=O)C(=O)O)C(C)(C)C. The third-order valence-corrected chi connectivity index (χ3v) is 9.71. The van der Waals surface area contributed by atoms with Gasteiger partial charge in [-0.05, 0) is 54.7 Å². The summed E-state index contributed by atoms with van der Waals surface area (Å²) in [6, 6.07) is 13.6. The van der Waals surface area contributed by atoms with Gasteiger partial charge < -0.3 is 15.7 Å². The highest BCUT2D eigenvalue weighted by molar-refractivity contribution is 5.97. The number of aryl methyl sites for hydroxylation is 1. The first-order chi connectivity index (χ1) is 25.5. The van der Waals surface area contributed by atoms with Crippen molar-refractivity contribution in [3.63, 3.8) is 0 Å². The molecule has 0 aliphatic rings. The minimum absolute atomic E-state index is 0.00768. The Morgan fingerprint density at radius 1 is 0.704 bits per heavy atom. The lowest BCUT2D eigenvalue weighted by Gasteiger charge is -2.32. The molecule has 0 radical (unpaired) electrons. The van der Waals surface area contributed by atoms with Gasteiger partial charge in [-0.1, -0.05) is 116 Å². The highest BCUT2D eigenvalue weighted by Gasteiger charge is 2.36. The standard InChI is InChI=1S/C44H62N2O8/c1-8-10-12-15-35(42(52)46-40(44(5,6)7)39(50)26-29(3)41(51)45-37(43(53)54)27-30(4)47)28-36(48)16-13-17-38(49)34-24-22-33(23-25-34)32-20-18-31(19-21-32)14-11-9-2/h18-25,29,35,37,40H,8-17,26-28H2,1-7H3,(H,45,51)(H,46,52)(H,53,54)/t29-,35-,37+,40-/m1/s1. The molecule has 0 spiro atoms. The smallest absolute Gasteiger partial charge is 0.326 e. The number of amides is 2. The molecule has 2 amide bonds. The normalized spacial score (nSPS) is 13.6. The summed E-state index contributed by atoms with van der Waals surface area (Å²) in [6.45, 7) is 12.3. The summed E-state index contributed by atoms with van der Waals surface area (Å²) < 4.78 is 0. The van der Waals surface area contributed by atoms with E-state index >= 15 is 0 Å². The van der Waals surface area contributed by atoms with Crippen molar-refractivity contribution in [2.75, 3.05) is 0 Å². The van der Waals surface area contributed by atoms with Gasteiger partial charge in [0.15, 0.2) is 11.6 Å². The van der Waals surface area contributed by atoms with Crippen LogP contribution in [0, 0.1) is 17.3 Å². The quantitative estimate of drug-likeness (QED) is 0.0683. The molecule has 296 valence electrons. The fourth-order valence-corrected chi connectivity index (χ4v) is 6.38. The molecule has 54 heavy (non-hydrogen) atoms. The third-order valence-electron chi connectivity index (χ3n) is 9.71. The van der Waals surface area contributed by atoms with Crippen molar-refractivity contribution in [2.24, 2.45) is 17.3 Å². The molecule has 0 saturated carbocycles. The Morgan fingerprint density at radius 3 is 1.83 bits per heavy atom. The van der Waals surface area contributed by atoms with Gasteiger partial charge >= 0.3 is 5.97 Å². The Kier molecular flexibility index (Phi) is 19.2. The summed E-state index contributed by atoms with van der Waals surface area (Å²) in [5.41, 5.74) is 3.29. The monoisotopic (exact) mass is 746 g/mol. The first-order valence-corrected chi connectivity index (χ1v) is 19.6. The van der Waals surface area contributed by atoms with E-state index < -0.39 is 58.7 Å². The number of rotatable bonds is 25. The average molecular weight is 747 g/mol. The van der Waals surface area contributed by atoms with Crippen LogP contribution in [0.25, 0.3) is 11.1 Å². The van der Waals surface area contributed by atoms with Crippen molar-refractivity contribution in [1.82, 2.24) is 10.6 Å². The summed E-state index contributed by atoms with van der Waals surface area (Å²) in [5, 5.41) is 14.6. The molecular weight excluding hydrogens is 684 g/mol. The fourth-order valence-electron chi connectivity index (χ4n) is 6.38. The van der Waals surface area contributed by atoms with E-state index in [-0.39, 0.29) is 43.7 Å². The number of nitrogens with one attached hydrogen (secondary N) is 2. The van der Waals surface area contributed by atoms with Gasteiger partial charge in [0.25, 0.3) is 0 Å². The van der Waals surface area contributed by atoms with Gasteiger partial charge in [-0.25, -0.2) is 4.79 Å². The van der Waals surface area contributed by atoms with Crippen LogP contribution in [0.5, 0.6) is 0 Å². The molecule has 0 bridgehead atoms. The lowest BCUT2D eigenvalue weighted by atomic mass is 9.81. The van der Waals surface area contributed by atoms with E-state index in [4.69, 9.17) is 0 Å². The van der Waals surface area contributed by atoms with Crippen LogP contribution in [0.15, 0.2) is 48.5 Å². The van der Waals surface area contributed by atoms with E-state index in [1.54, 1.807) is 20.8 Å². The van der Waals surface area contributed by atoms with E-state index in [2.05, 4.69) is 41.8 Å². The molecule has 10 heteroatoms. The van der Waals surface area contributed by atoms with Crippen LogP contribution in [-0.4, -0.2) is 58.1 Å². The Morgan fingerprint density at radius 2 is 1.30 bits per heavy atom. The van der Waals surface area contributed by atoms with Gasteiger partial charge in [0, 0.05) is 49.5 Å². The van der Waals surface area contributed by atoms with Crippen LogP contribution in [0.4, 0.5) is 0 Å². The lowest BCUT2D eigenvalue weighted by molar-refractivity contribution is -0.144. The average Bonchev–Trinajstić information content (AvgIpc) is 3.11. The second-order valence-corrected chi connectivity index (χ2v) is 15.8. The van der Waals surface area contributed by atoms with Crippen molar-refractivity contribution in [2.45, 2.75) is 144 Å². The molecule has 0 unspecified atom stereocenters. The van der Waals surface area contributed by atoms with Gasteiger partial charge in [0.1, 0.15) is 17.6 Å². The summed E-state index contributed by atoms with van der Waals surface area (Å²) in [5.74, 6) is -4.99. The largest absolute Gasteiger partial charge is 0.480 e. The lowest BCUT2D eigenvalue weighted by Crippen LogP contribution is -2.52. The zero-order valence-corrected chi connectivity index (χ0v) is 33.4. The second-order valence-electron chi connectivity index (χ2n) is 15.8. The number of Topliss-reactive ketones (excluding diaryl/α,β-unsaturated/α-hetero) is 4. The molecule has 0 aliphatic carbocycles. The van der Waals surface area contributed by atoms with Gasteiger partial charge in [0.05, 0.1) is 6.04 Å². The fraction of sp³-hybridized carbons (Fsp3) is 0.568. The molecule has 0 fully saturated rings. The van der Waals surface area contributed by atoms with Crippen LogP contribution in [0.2, 0.25) is 0 Å². The Bertz CT molecular complexity index is 1570. The summed E-state index contributed by atoms with van der Waals surface area (Å²) >= 11 is 0. The van der Waals surface area contributed by atoms with E-state index in [0.29, 0.717) is 18.4 Å². The number of unbranched alkanes of at least 4 members (excludes halogenated alkanes) is 3. The van der Waals surface area contributed by atoms with E-state index in [9.17, 15) is 38.7 Å². The molecule has 4 atom stereocenters. The molecule has 2 aromatic carbocycles. The van der Waals surface area contributed by atoms with Crippen LogP contribution in [-0.2, 0) is 35.2 Å². The molecule has 2 rings (SSSR count). The van der Waals surface area contributed by atoms with Crippen molar-refractivity contribution in [3.05, 3.63) is 59.7 Å².